The highest BCUT2D eigenvalue weighted by molar-refractivity contribution is 5.40. The predicted molar refractivity (Wildman–Crippen MR) is 76.6 cm³/mol. The Morgan fingerprint density at radius 2 is 1.75 bits per heavy atom. The first-order valence-corrected chi connectivity index (χ1v) is 6.62. The van der Waals surface area contributed by atoms with Crippen molar-refractivity contribution in [3.8, 4) is 17.2 Å². The van der Waals surface area contributed by atoms with E-state index in [-0.39, 0.29) is 12.3 Å². The topological polar surface area (TPSA) is 44.5 Å². The van der Waals surface area contributed by atoms with Crippen LogP contribution < -0.4 is 15.2 Å². The molecule has 20 heavy (non-hydrogen) atoms. The van der Waals surface area contributed by atoms with Crippen molar-refractivity contribution >= 4 is 0 Å². The van der Waals surface area contributed by atoms with Crippen molar-refractivity contribution in [1.29, 1.82) is 0 Å². The van der Waals surface area contributed by atoms with Crippen molar-refractivity contribution in [1.82, 2.24) is 0 Å². The molecule has 0 unspecified atom stereocenters. The van der Waals surface area contributed by atoms with E-state index in [1.165, 1.54) is 6.07 Å². The molecule has 106 valence electrons. The quantitative estimate of drug-likeness (QED) is 0.870. The smallest absolute Gasteiger partial charge is 0.167 e. The highest BCUT2D eigenvalue weighted by atomic mass is 19.1. The summed E-state index contributed by atoms with van der Waals surface area (Å²) in [5, 5.41) is 0. The molecule has 0 spiro atoms. The molecule has 0 saturated heterocycles. The highest BCUT2D eigenvalue weighted by Gasteiger charge is 2.09. The Morgan fingerprint density at radius 3 is 2.40 bits per heavy atom. The second kappa shape index (κ2) is 6.91. The van der Waals surface area contributed by atoms with Crippen molar-refractivity contribution in [2.75, 3.05) is 6.61 Å². The summed E-state index contributed by atoms with van der Waals surface area (Å²) in [6.45, 7) is 2.94. The lowest BCUT2D eigenvalue weighted by Gasteiger charge is -2.11. The molecule has 0 radical (unpaired) electrons. The lowest BCUT2D eigenvalue weighted by Crippen LogP contribution is -2.01. The molecule has 2 N–H and O–H groups in total. The van der Waals surface area contributed by atoms with Gasteiger partial charge in [-0.3, -0.25) is 0 Å². The molecule has 0 aliphatic rings. The van der Waals surface area contributed by atoms with E-state index in [2.05, 4.69) is 0 Å². The first-order chi connectivity index (χ1) is 9.74. The molecule has 2 rings (SSSR count). The minimum atomic E-state index is -0.417. The van der Waals surface area contributed by atoms with Crippen LogP contribution in [0.3, 0.4) is 0 Å². The standard InChI is InChI=1S/C16H18FNO2/c1-2-10-19-13-6-8-14(9-7-13)20-16-12(11-18)4-3-5-15(16)17/h3-9H,2,10-11,18H2,1H3. The Hall–Kier alpha value is -2.07. The summed E-state index contributed by atoms with van der Waals surface area (Å²) in [5.74, 6) is 1.08. The van der Waals surface area contributed by atoms with E-state index in [1.54, 1.807) is 36.4 Å². The highest BCUT2D eigenvalue weighted by Crippen LogP contribution is 2.29. The fourth-order valence-electron chi connectivity index (χ4n) is 1.77. The molecule has 0 aromatic heterocycles. The average Bonchev–Trinajstić information content (AvgIpc) is 2.48. The van der Waals surface area contributed by atoms with Crippen LogP contribution in [0.25, 0.3) is 0 Å². The Bertz CT molecular complexity index is 555. The van der Waals surface area contributed by atoms with E-state index in [0.717, 1.165) is 12.2 Å². The molecule has 0 atom stereocenters. The molecule has 0 amide bonds. The Balaban J connectivity index is 2.14. The monoisotopic (exact) mass is 275 g/mol. The van der Waals surface area contributed by atoms with E-state index >= 15 is 0 Å². The van der Waals surface area contributed by atoms with Crippen molar-refractivity contribution in [3.63, 3.8) is 0 Å². The number of nitrogens with two attached hydrogens (primary N) is 1. The summed E-state index contributed by atoms with van der Waals surface area (Å²) in [5.41, 5.74) is 6.22. The zero-order chi connectivity index (χ0) is 14.4. The lowest BCUT2D eigenvalue weighted by molar-refractivity contribution is 0.317. The largest absolute Gasteiger partial charge is 0.494 e. The van der Waals surface area contributed by atoms with Crippen LogP contribution in [0.5, 0.6) is 17.2 Å². The Morgan fingerprint density at radius 1 is 1.05 bits per heavy atom. The second-order valence-corrected chi connectivity index (χ2v) is 4.35. The summed E-state index contributed by atoms with van der Waals surface area (Å²) >= 11 is 0. The van der Waals surface area contributed by atoms with Crippen LogP contribution in [0.2, 0.25) is 0 Å². The van der Waals surface area contributed by atoms with Gasteiger partial charge >= 0.3 is 0 Å². The summed E-state index contributed by atoms with van der Waals surface area (Å²) in [6.07, 6.45) is 0.952. The fourth-order valence-corrected chi connectivity index (χ4v) is 1.77. The third kappa shape index (κ3) is 3.48. The SMILES string of the molecule is CCCOc1ccc(Oc2c(F)cccc2CN)cc1. The minimum absolute atomic E-state index is 0.178. The van der Waals surface area contributed by atoms with Crippen molar-refractivity contribution in [2.24, 2.45) is 5.73 Å². The third-order valence-corrected chi connectivity index (χ3v) is 2.78. The molecule has 4 heteroatoms. The van der Waals surface area contributed by atoms with E-state index in [1.807, 2.05) is 6.92 Å². The predicted octanol–water partition coefficient (Wildman–Crippen LogP) is 3.87. The summed E-state index contributed by atoms with van der Waals surface area (Å²) in [6, 6.07) is 11.8. The molecule has 0 aliphatic carbocycles. The van der Waals surface area contributed by atoms with Gasteiger partial charge in [0.25, 0.3) is 0 Å². The molecule has 0 bridgehead atoms. The molecular formula is C16H18FNO2. The van der Waals surface area contributed by atoms with Crippen molar-refractivity contribution in [2.45, 2.75) is 19.9 Å². The first kappa shape index (κ1) is 14.3. The van der Waals surface area contributed by atoms with Crippen LogP contribution in [0.15, 0.2) is 42.5 Å². The normalized spacial score (nSPS) is 10.3. The average molecular weight is 275 g/mol. The summed E-state index contributed by atoms with van der Waals surface area (Å²) < 4.78 is 24.8. The summed E-state index contributed by atoms with van der Waals surface area (Å²) in [7, 11) is 0. The summed E-state index contributed by atoms with van der Waals surface area (Å²) in [4.78, 5) is 0. The molecule has 2 aromatic rings. The van der Waals surface area contributed by atoms with E-state index < -0.39 is 5.82 Å². The fraction of sp³-hybridized carbons (Fsp3) is 0.250. The molecule has 2 aromatic carbocycles. The molecule has 0 fully saturated rings. The Labute approximate surface area is 118 Å². The van der Waals surface area contributed by atoms with Gasteiger partial charge in [0.15, 0.2) is 11.6 Å². The maximum atomic E-state index is 13.8. The molecule has 0 saturated carbocycles. The van der Waals surface area contributed by atoms with Crippen LogP contribution in [0.4, 0.5) is 4.39 Å². The van der Waals surface area contributed by atoms with Gasteiger partial charge in [0.2, 0.25) is 0 Å². The van der Waals surface area contributed by atoms with E-state index in [4.69, 9.17) is 15.2 Å². The number of ether oxygens (including phenoxy) is 2. The van der Waals surface area contributed by atoms with Gasteiger partial charge in [-0.25, -0.2) is 4.39 Å². The first-order valence-electron chi connectivity index (χ1n) is 6.62. The number of benzene rings is 2. The minimum Gasteiger partial charge on any atom is -0.494 e. The van der Waals surface area contributed by atoms with Gasteiger partial charge in [-0.05, 0) is 36.8 Å². The van der Waals surface area contributed by atoms with E-state index in [9.17, 15) is 4.39 Å². The Kier molecular flexibility index (Phi) is 4.96. The van der Waals surface area contributed by atoms with Gasteiger partial charge in [-0.15, -0.1) is 0 Å². The van der Waals surface area contributed by atoms with Gasteiger partial charge in [-0.1, -0.05) is 19.1 Å². The van der Waals surface area contributed by atoms with Gasteiger partial charge in [0.05, 0.1) is 6.61 Å². The van der Waals surface area contributed by atoms with Crippen LogP contribution in [0, 0.1) is 5.82 Å². The van der Waals surface area contributed by atoms with E-state index in [0.29, 0.717) is 17.9 Å². The molecule has 0 aliphatic heterocycles. The number of hydrogen-bond donors (Lipinski definition) is 1. The second-order valence-electron chi connectivity index (χ2n) is 4.35. The number of para-hydroxylation sites is 1. The number of halogens is 1. The van der Waals surface area contributed by atoms with Gasteiger partial charge in [0, 0.05) is 12.1 Å². The van der Waals surface area contributed by atoms with Crippen LogP contribution in [-0.4, -0.2) is 6.61 Å². The number of hydrogen-bond acceptors (Lipinski definition) is 3. The lowest BCUT2D eigenvalue weighted by atomic mass is 10.2. The van der Waals surface area contributed by atoms with Crippen LogP contribution in [0.1, 0.15) is 18.9 Å². The van der Waals surface area contributed by atoms with Gasteiger partial charge in [-0.2, -0.15) is 0 Å². The van der Waals surface area contributed by atoms with Gasteiger partial charge < -0.3 is 15.2 Å². The zero-order valence-corrected chi connectivity index (χ0v) is 11.4. The number of rotatable bonds is 6. The maximum Gasteiger partial charge on any atom is 0.167 e. The zero-order valence-electron chi connectivity index (χ0n) is 11.4. The van der Waals surface area contributed by atoms with Crippen molar-refractivity contribution < 1.29 is 13.9 Å². The van der Waals surface area contributed by atoms with Gasteiger partial charge in [0.1, 0.15) is 11.5 Å². The maximum absolute atomic E-state index is 13.8. The molecular weight excluding hydrogens is 257 g/mol. The molecule has 3 nitrogen and oxygen atoms in total. The molecule has 0 heterocycles. The van der Waals surface area contributed by atoms with Crippen LogP contribution in [-0.2, 0) is 6.54 Å². The van der Waals surface area contributed by atoms with Crippen molar-refractivity contribution in [3.05, 3.63) is 53.8 Å². The van der Waals surface area contributed by atoms with Crippen LogP contribution >= 0.6 is 0 Å². The third-order valence-electron chi connectivity index (χ3n) is 2.78.